The third-order valence-corrected chi connectivity index (χ3v) is 4.89. The Bertz CT molecular complexity index is 470. The number of hydrogen-bond donors (Lipinski definition) is 1. The molecular formula is C16H25BrN2O2. The van der Waals surface area contributed by atoms with E-state index >= 15 is 0 Å². The van der Waals surface area contributed by atoms with E-state index in [0.717, 1.165) is 29.8 Å². The molecule has 0 aliphatic carbocycles. The number of ether oxygens (including phenoxy) is 2. The van der Waals surface area contributed by atoms with Gasteiger partial charge in [0.05, 0.1) is 19.8 Å². The molecule has 1 aromatic carbocycles. The minimum atomic E-state index is 0.172. The van der Waals surface area contributed by atoms with Crippen LogP contribution in [0, 0.1) is 0 Å². The van der Waals surface area contributed by atoms with E-state index in [2.05, 4.69) is 40.7 Å². The van der Waals surface area contributed by atoms with E-state index < -0.39 is 0 Å². The highest BCUT2D eigenvalue weighted by Crippen LogP contribution is 2.33. The highest BCUT2D eigenvalue weighted by atomic mass is 79.9. The molecule has 0 spiro atoms. The summed E-state index contributed by atoms with van der Waals surface area (Å²) in [5.41, 5.74) is 7.30. The third kappa shape index (κ3) is 3.77. The van der Waals surface area contributed by atoms with Crippen molar-refractivity contribution in [3.8, 4) is 5.75 Å². The molecule has 118 valence electrons. The van der Waals surface area contributed by atoms with Gasteiger partial charge in [0.25, 0.3) is 0 Å². The van der Waals surface area contributed by atoms with Crippen molar-refractivity contribution >= 4 is 15.9 Å². The van der Waals surface area contributed by atoms with Gasteiger partial charge >= 0.3 is 0 Å². The first-order valence-electron chi connectivity index (χ1n) is 7.51. The monoisotopic (exact) mass is 356 g/mol. The molecule has 2 rings (SSSR count). The lowest BCUT2D eigenvalue weighted by Crippen LogP contribution is -2.51. The van der Waals surface area contributed by atoms with Crippen molar-refractivity contribution in [2.45, 2.75) is 38.5 Å². The number of nitrogens with two attached hydrogens (primary N) is 1. The normalized spacial score (nSPS) is 24.8. The summed E-state index contributed by atoms with van der Waals surface area (Å²) in [5, 5.41) is 0. The standard InChI is InChI=1S/C16H25BrN2O2/c1-4-12-10-21-11(2)9-19(12)16(8-18)14-7-13(20-3)5-6-15(14)17/h5-7,11-12,16H,4,8-10,18H2,1-3H3. The highest BCUT2D eigenvalue weighted by molar-refractivity contribution is 9.10. The second-order valence-corrected chi connectivity index (χ2v) is 6.40. The van der Waals surface area contributed by atoms with Gasteiger partial charge < -0.3 is 15.2 Å². The lowest BCUT2D eigenvalue weighted by Gasteiger charge is -2.43. The summed E-state index contributed by atoms with van der Waals surface area (Å²) < 4.78 is 12.2. The van der Waals surface area contributed by atoms with Crippen LogP contribution in [0.1, 0.15) is 31.9 Å². The fourth-order valence-corrected chi connectivity index (χ4v) is 3.46. The first-order chi connectivity index (χ1) is 10.1. The molecule has 4 nitrogen and oxygen atoms in total. The molecule has 3 unspecified atom stereocenters. The van der Waals surface area contributed by atoms with Crippen LogP contribution in [-0.4, -0.2) is 43.9 Å². The minimum Gasteiger partial charge on any atom is -0.497 e. The highest BCUT2D eigenvalue weighted by Gasteiger charge is 2.32. The Hall–Kier alpha value is -0.620. The van der Waals surface area contributed by atoms with E-state index in [1.807, 2.05) is 12.1 Å². The van der Waals surface area contributed by atoms with Gasteiger partial charge in [0, 0.05) is 29.6 Å². The SMILES string of the molecule is CCC1COC(C)CN1C(CN)c1cc(OC)ccc1Br. The fourth-order valence-electron chi connectivity index (χ4n) is 2.95. The van der Waals surface area contributed by atoms with Crippen LogP contribution in [0.3, 0.4) is 0 Å². The Morgan fingerprint density at radius 1 is 1.52 bits per heavy atom. The molecule has 1 aromatic rings. The maximum Gasteiger partial charge on any atom is 0.119 e. The molecule has 1 saturated heterocycles. The molecule has 1 aliphatic rings. The van der Waals surface area contributed by atoms with Gasteiger partial charge in [-0.2, -0.15) is 0 Å². The molecule has 0 aromatic heterocycles. The van der Waals surface area contributed by atoms with Crippen LogP contribution < -0.4 is 10.5 Å². The zero-order valence-electron chi connectivity index (χ0n) is 13.0. The molecule has 5 heteroatoms. The molecule has 21 heavy (non-hydrogen) atoms. The largest absolute Gasteiger partial charge is 0.497 e. The summed E-state index contributed by atoms with van der Waals surface area (Å²) in [5.74, 6) is 0.862. The van der Waals surface area contributed by atoms with Gasteiger partial charge in [0.1, 0.15) is 5.75 Å². The number of morpholine rings is 1. The molecule has 0 amide bonds. The second kappa shape index (κ2) is 7.58. The van der Waals surface area contributed by atoms with Crippen LogP contribution in [0.15, 0.2) is 22.7 Å². The van der Waals surface area contributed by atoms with Crippen LogP contribution >= 0.6 is 15.9 Å². The predicted molar refractivity (Wildman–Crippen MR) is 88.7 cm³/mol. The number of hydrogen-bond acceptors (Lipinski definition) is 4. The Kier molecular flexibility index (Phi) is 6.05. The average Bonchev–Trinajstić information content (AvgIpc) is 2.50. The van der Waals surface area contributed by atoms with Crippen LogP contribution in [-0.2, 0) is 4.74 Å². The molecule has 1 fully saturated rings. The molecule has 3 atom stereocenters. The lowest BCUT2D eigenvalue weighted by atomic mass is 10.00. The van der Waals surface area contributed by atoms with Crippen molar-refractivity contribution in [1.82, 2.24) is 4.90 Å². The number of methoxy groups -OCH3 is 1. The Labute approximate surface area is 135 Å². The van der Waals surface area contributed by atoms with Gasteiger partial charge in [-0.05, 0) is 37.1 Å². The summed E-state index contributed by atoms with van der Waals surface area (Å²) in [4.78, 5) is 2.48. The Morgan fingerprint density at radius 3 is 2.90 bits per heavy atom. The molecule has 0 bridgehead atoms. The zero-order valence-corrected chi connectivity index (χ0v) is 14.6. The third-order valence-electron chi connectivity index (χ3n) is 4.17. The van der Waals surface area contributed by atoms with Crippen LogP contribution in [0.5, 0.6) is 5.75 Å². The molecule has 1 aliphatic heterocycles. The first kappa shape index (κ1) is 16.7. The van der Waals surface area contributed by atoms with Gasteiger partial charge in [-0.15, -0.1) is 0 Å². The molecular weight excluding hydrogens is 332 g/mol. The Balaban J connectivity index is 2.33. The van der Waals surface area contributed by atoms with Crippen molar-refractivity contribution in [3.63, 3.8) is 0 Å². The van der Waals surface area contributed by atoms with Crippen molar-refractivity contribution in [1.29, 1.82) is 0 Å². The van der Waals surface area contributed by atoms with Crippen molar-refractivity contribution in [2.75, 3.05) is 26.8 Å². The minimum absolute atomic E-state index is 0.172. The second-order valence-electron chi connectivity index (χ2n) is 5.54. The van der Waals surface area contributed by atoms with Gasteiger partial charge in [0.2, 0.25) is 0 Å². The van der Waals surface area contributed by atoms with Gasteiger partial charge in [0.15, 0.2) is 0 Å². The number of rotatable bonds is 5. The maximum atomic E-state index is 6.11. The summed E-state index contributed by atoms with van der Waals surface area (Å²) >= 11 is 3.66. The summed E-state index contributed by atoms with van der Waals surface area (Å²) in [6, 6.07) is 6.65. The number of halogens is 1. The summed E-state index contributed by atoms with van der Waals surface area (Å²) in [6.45, 7) is 6.58. The van der Waals surface area contributed by atoms with Gasteiger partial charge in [-0.25, -0.2) is 0 Å². The van der Waals surface area contributed by atoms with E-state index in [1.54, 1.807) is 7.11 Å². The number of nitrogens with zero attached hydrogens (tertiary/aromatic N) is 1. The first-order valence-corrected chi connectivity index (χ1v) is 8.30. The van der Waals surface area contributed by atoms with E-state index in [9.17, 15) is 0 Å². The Morgan fingerprint density at radius 2 is 2.29 bits per heavy atom. The summed E-state index contributed by atoms with van der Waals surface area (Å²) in [7, 11) is 1.69. The van der Waals surface area contributed by atoms with Gasteiger partial charge in [-0.1, -0.05) is 22.9 Å². The van der Waals surface area contributed by atoms with Crippen LogP contribution in [0.2, 0.25) is 0 Å². The van der Waals surface area contributed by atoms with Crippen molar-refractivity contribution < 1.29 is 9.47 Å². The quantitative estimate of drug-likeness (QED) is 0.880. The molecule has 0 radical (unpaired) electrons. The summed E-state index contributed by atoms with van der Waals surface area (Å²) in [6.07, 6.45) is 1.30. The molecule has 0 saturated carbocycles. The van der Waals surface area contributed by atoms with E-state index in [1.165, 1.54) is 5.56 Å². The van der Waals surface area contributed by atoms with Crippen LogP contribution in [0.25, 0.3) is 0 Å². The van der Waals surface area contributed by atoms with E-state index in [-0.39, 0.29) is 12.1 Å². The van der Waals surface area contributed by atoms with Crippen LogP contribution in [0.4, 0.5) is 0 Å². The average molecular weight is 357 g/mol. The smallest absolute Gasteiger partial charge is 0.119 e. The fraction of sp³-hybridized carbons (Fsp3) is 0.625. The van der Waals surface area contributed by atoms with Crippen molar-refractivity contribution in [3.05, 3.63) is 28.2 Å². The maximum absolute atomic E-state index is 6.11. The predicted octanol–water partition coefficient (Wildman–Crippen LogP) is 2.96. The molecule has 1 heterocycles. The lowest BCUT2D eigenvalue weighted by molar-refractivity contribution is -0.0720. The van der Waals surface area contributed by atoms with E-state index in [0.29, 0.717) is 12.6 Å². The zero-order chi connectivity index (χ0) is 15.4. The number of benzene rings is 1. The van der Waals surface area contributed by atoms with Gasteiger partial charge in [-0.3, -0.25) is 4.90 Å². The van der Waals surface area contributed by atoms with Crippen molar-refractivity contribution in [2.24, 2.45) is 5.73 Å². The topological polar surface area (TPSA) is 47.7 Å². The van der Waals surface area contributed by atoms with E-state index in [4.69, 9.17) is 15.2 Å². The molecule has 2 N–H and O–H groups in total.